The summed E-state index contributed by atoms with van der Waals surface area (Å²) >= 11 is 0. The van der Waals surface area contributed by atoms with E-state index in [0.29, 0.717) is 12.1 Å². The molecule has 0 radical (unpaired) electrons. The zero-order valence-corrected chi connectivity index (χ0v) is 8.80. The van der Waals surface area contributed by atoms with Gasteiger partial charge < -0.3 is 5.32 Å². The quantitative estimate of drug-likeness (QED) is 0.762. The number of nitrogens with one attached hydrogen (secondary N) is 1. The summed E-state index contributed by atoms with van der Waals surface area (Å²) in [4.78, 5) is 0. The number of alkyl halides is 3. The van der Waals surface area contributed by atoms with E-state index in [1.54, 1.807) is 36.4 Å². The van der Waals surface area contributed by atoms with Crippen LogP contribution in [-0.4, -0.2) is 12.7 Å². The summed E-state index contributed by atoms with van der Waals surface area (Å²) in [5, 5.41) is 2.80. The molecule has 0 saturated heterocycles. The maximum Gasteiger partial charge on any atom is 0.390 e. The summed E-state index contributed by atoms with van der Waals surface area (Å²) in [5.41, 5.74) is 0.640. The molecule has 0 aliphatic rings. The highest BCUT2D eigenvalue weighted by atomic mass is 19.4. The molecular formula is C12H14F3N. The fraction of sp³-hybridized carbons (Fsp3) is 0.333. The summed E-state index contributed by atoms with van der Waals surface area (Å²) in [6.45, 7) is 3.84. The van der Waals surface area contributed by atoms with Crippen LogP contribution < -0.4 is 5.32 Å². The van der Waals surface area contributed by atoms with Crippen molar-refractivity contribution < 1.29 is 13.2 Å². The summed E-state index contributed by atoms with van der Waals surface area (Å²) in [6.07, 6.45) is -3.49. The third kappa shape index (κ3) is 4.49. The summed E-state index contributed by atoms with van der Waals surface area (Å²) < 4.78 is 37.1. The third-order valence-electron chi connectivity index (χ3n) is 2.15. The smallest absolute Gasteiger partial charge is 0.306 e. The van der Waals surface area contributed by atoms with Crippen LogP contribution in [0.2, 0.25) is 0 Å². The van der Waals surface area contributed by atoms with E-state index in [0.717, 1.165) is 0 Å². The van der Waals surface area contributed by atoms with Gasteiger partial charge in [-0.15, -0.1) is 6.58 Å². The van der Waals surface area contributed by atoms with Crippen LogP contribution in [0.1, 0.15) is 18.0 Å². The van der Waals surface area contributed by atoms with Crippen molar-refractivity contribution in [2.45, 2.75) is 18.6 Å². The number of rotatable bonds is 5. The van der Waals surface area contributed by atoms with E-state index in [9.17, 15) is 13.2 Å². The van der Waals surface area contributed by atoms with Crippen LogP contribution in [0.5, 0.6) is 0 Å². The Morgan fingerprint density at radius 2 is 1.88 bits per heavy atom. The van der Waals surface area contributed by atoms with Gasteiger partial charge in [-0.05, 0) is 5.56 Å². The molecule has 1 aromatic carbocycles. The van der Waals surface area contributed by atoms with Crippen LogP contribution in [-0.2, 0) is 0 Å². The van der Waals surface area contributed by atoms with Gasteiger partial charge in [0.15, 0.2) is 0 Å². The van der Waals surface area contributed by atoms with Crippen molar-refractivity contribution in [2.75, 3.05) is 6.54 Å². The van der Waals surface area contributed by atoms with Crippen molar-refractivity contribution in [3.8, 4) is 0 Å². The third-order valence-corrected chi connectivity index (χ3v) is 2.15. The SMILES string of the molecule is C=CCNC(CC(F)(F)F)c1ccccc1. The van der Waals surface area contributed by atoms with Crippen molar-refractivity contribution in [1.82, 2.24) is 5.32 Å². The second kappa shape index (κ2) is 5.70. The standard InChI is InChI=1S/C12H14F3N/c1-2-8-16-11(9-12(13,14)15)10-6-4-3-5-7-10/h2-7,11,16H,1,8-9H2. The first kappa shape index (κ1) is 12.8. The molecule has 0 saturated carbocycles. The summed E-state index contributed by atoms with van der Waals surface area (Å²) in [7, 11) is 0. The number of halogens is 3. The molecule has 0 spiro atoms. The molecule has 1 aromatic rings. The second-order valence-electron chi connectivity index (χ2n) is 3.48. The maximum absolute atomic E-state index is 12.4. The van der Waals surface area contributed by atoms with E-state index >= 15 is 0 Å². The van der Waals surface area contributed by atoms with Gasteiger partial charge in [0.05, 0.1) is 6.42 Å². The monoisotopic (exact) mass is 229 g/mol. The Morgan fingerprint density at radius 3 is 2.38 bits per heavy atom. The Balaban J connectivity index is 2.75. The lowest BCUT2D eigenvalue weighted by atomic mass is 10.0. The van der Waals surface area contributed by atoms with Gasteiger partial charge >= 0.3 is 6.18 Å². The van der Waals surface area contributed by atoms with Crippen LogP contribution in [0.3, 0.4) is 0 Å². The van der Waals surface area contributed by atoms with Crippen LogP contribution in [0.4, 0.5) is 13.2 Å². The number of benzene rings is 1. The van der Waals surface area contributed by atoms with Crippen LogP contribution in [0.15, 0.2) is 43.0 Å². The lowest BCUT2D eigenvalue weighted by Crippen LogP contribution is -2.26. The van der Waals surface area contributed by atoms with Gasteiger partial charge in [-0.25, -0.2) is 0 Å². The van der Waals surface area contributed by atoms with E-state index in [-0.39, 0.29) is 0 Å². The second-order valence-corrected chi connectivity index (χ2v) is 3.48. The molecular weight excluding hydrogens is 215 g/mol. The highest BCUT2D eigenvalue weighted by Crippen LogP contribution is 2.29. The fourth-order valence-electron chi connectivity index (χ4n) is 1.45. The van der Waals surface area contributed by atoms with E-state index in [1.807, 2.05) is 0 Å². The molecule has 1 N–H and O–H groups in total. The zero-order chi connectivity index (χ0) is 12.0. The van der Waals surface area contributed by atoms with Crippen molar-refractivity contribution >= 4 is 0 Å². The Morgan fingerprint density at radius 1 is 1.25 bits per heavy atom. The van der Waals surface area contributed by atoms with Gasteiger partial charge in [0.1, 0.15) is 0 Å². The maximum atomic E-state index is 12.4. The molecule has 0 aromatic heterocycles. The summed E-state index contributed by atoms with van der Waals surface area (Å²) in [6, 6.07) is 7.91. The van der Waals surface area contributed by atoms with Gasteiger partial charge in [-0.2, -0.15) is 13.2 Å². The van der Waals surface area contributed by atoms with Crippen molar-refractivity contribution in [2.24, 2.45) is 0 Å². The summed E-state index contributed by atoms with van der Waals surface area (Å²) in [5.74, 6) is 0. The fourth-order valence-corrected chi connectivity index (χ4v) is 1.45. The minimum absolute atomic E-state index is 0.357. The lowest BCUT2D eigenvalue weighted by molar-refractivity contribution is -0.140. The first-order valence-corrected chi connectivity index (χ1v) is 4.99. The Kier molecular flexibility index (Phi) is 4.55. The van der Waals surface area contributed by atoms with E-state index < -0.39 is 18.6 Å². The molecule has 0 aliphatic heterocycles. The lowest BCUT2D eigenvalue weighted by Gasteiger charge is -2.19. The van der Waals surface area contributed by atoms with Crippen LogP contribution >= 0.6 is 0 Å². The average molecular weight is 229 g/mol. The highest BCUT2D eigenvalue weighted by molar-refractivity contribution is 5.19. The average Bonchev–Trinajstić information content (AvgIpc) is 2.24. The van der Waals surface area contributed by atoms with Crippen molar-refractivity contribution in [1.29, 1.82) is 0 Å². The molecule has 1 unspecified atom stereocenters. The molecule has 0 fully saturated rings. The molecule has 16 heavy (non-hydrogen) atoms. The number of hydrogen-bond donors (Lipinski definition) is 1. The molecule has 88 valence electrons. The molecule has 1 atom stereocenters. The zero-order valence-electron chi connectivity index (χ0n) is 8.80. The van der Waals surface area contributed by atoms with Crippen molar-refractivity contribution in [3.05, 3.63) is 48.6 Å². The topological polar surface area (TPSA) is 12.0 Å². The van der Waals surface area contributed by atoms with E-state index in [4.69, 9.17) is 0 Å². The van der Waals surface area contributed by atoms with Crippen LogP contribution in [0, 0.1) is 0 Å². The van der Waals surface area contributed by atoms with Crippen LogP contribution in [0.25, 0.3) is 0 Å². The Hall–Kier alpha value is -1.29. The first-order valence-electron chi connectivity index (χ1n) is 4.99. The predicted molar refractivity (Wildman–Crippen MR) is 58.1 cm³/mol. The van der Waals surface area contributed by atoms with E-state index in [1.165, 1.54) is 0 Å². The van der Waals surface area contributed by atoms with Gasteiger partial charge in [0.2, 0.25) is 0 Å². The molecule has 1 rings (SSSR count). The van der Waals surface area contributed by atoms with Gasteiger partial charge in [0, 0.05) is 12.6 Å². The van der Waals surface area contributed by atoms with Crippen molar-refractivity contribution in [3.63, 3.8) is 0 Å². The molecule has 4 heteroatoms. The molecule has 0 bridgehead atoms. The highest BCUT2D eigenvalue weighted by Gasteiger charge is 2.32. The predicted octanol–water partition coefficient (Wildman–Crippen LogP) is 3.46. The normalized spacial score (nSPS) is 13.4. The van der Waals surface area contributed by atoms with E-state index in [2.05, 4.69) is 11.9 Å². The van der Waals surface area contributed by atoms with Gasteiger partial charge in [0.25, 0.3) is 0 Å². The number of hydrogen-bond acceptors (Lipinski definition) is 1. The minimum atomic E-state index is -4.17. The minimum Gasteiger partial charge on any atom is -0.306 e. The largest absolute Gasteiger partial charge is 0.390 e. The van der Waals surface area contributed by atoms with Gasteiger partial charge in [-0.3, -0.25) is 0 Å². The molecule has 0 heterocycles. The Bertz CT molecular complexity index is 319. The van der Waals surface area contributed by atoms with Gasteiger partial charge in [-0.1, -0.05) is 36.4 Å². The molecule has 0 amide bonds. The molecule has 0 aliphatic carbocycles. The molecule has 1 nitrogen and oxygen atoms in total. The Labute approximate surface area is 93.0 Å². The first-order chi connectivity index (χ1) is 7.53.